The van der Waals surface area contributed by atoms with Crippen LogP contribution in [0.3, 0.4) is 0 Å². The molecule has 0 radical (unpaired) electrons. The Labute approximate surface area is 133 Å². The van der Waals surface area contributed by atoms with Gasteiger partial charge in [0.15, 0.2) is 0 Å². The molecule has 4 heteroatoms. The van der Waals surface area contributed by atoms with Crippen LogP contribution in [0, 0.1) is 0 Å². The van der Waals surface area contributed by atoms with E-state index in [0.29, 0.717) is 13.0 Å². The molecule has 2 amide bonds. The van der Waals surface area contributed by atoms with Gasteiger partial charge in [0.05, 0.1) is 0 Å². The lowest BCUT2D eigenvalue weighted by atomic mass is 10.1. The summed E-state index contributed by atoms with van der Waals surface area (Å²) >= 11 is 0. The summed E-state index contributed by atoms with van der Waals surface area (Å²) in [5, 5.41) is 0. The third kappa shape index (κ3) is 5.17. The molecule has 0 N–H and O–H groups in total. The van der Waals surface area contributed by atoms with Gasteiger partial charge in [0.25, 0.3) is 0 Å². The van der Waals surface area contributed by atoms with Crippen LogP contribution in [0.25, 0.3) is 0 Å². The maximum atomic E-state index is 12.1. The fourth-order valence-electron chi connectivity index (χ4n) is 2.90. The molecular weight excluding hydrogens is 276 g/mol. The van der Waals surface area contributed by atoms with Crippen molar-refractivity contribution in [3.63, 3.8) is 0 Å². The topological polar surface area (TPSA) is 40.6 Å². The summed E-state index contributed by atoms with van der Waals surface area (Å²) < 4.78 is 0. The summed E-state index contributed by atoms with van der Waals surface area (Å²) in [7, 11) is 0. The molecule has 0 unspecified atom stereocenters. The number of likely N-dealkylation sites (tertiary alicyclic amines) is 1. The van der Waals surface area contributed by atoms with E-state index >= 15 is 0 Å². The van der Waals surface area contributed by atoms with Crippen LogP contribution < -0.4 is 0 Å². The van der Waals surface area contributed by atoms with E-state index in [2.05, 4.69) is 12.1 Å². The average Bonchev–Trinajstić information content (AvgIpc) is 3.05. The number of hydrogen-bond donors (Lipinski definition) is 0. The van der Waals surface area contributed by atoms with Gasteiger partial charge in [0.2, 0.25) is 11.8 Å². The highest BCUT2D eigenvalue weighted by Gasteiger charge is 2.19. The Bertz CT molecular complexity index is 481. The first-order chi connectivity index (χ1) is 10.7. The van der Waals surface area contributed by atoms with Crippen LogP contribution in [0.15, 0.2) is 30.3 Å². The molecule has 1 heterocycles. The number of rotatable bonds is 7. The normalized spacial score (nSPS) is 14.1. The van der Waals surface area contributed by atoms with E-state index in [9.17, 15) is 9.59 Å². The Kier molecular flexibility index (Phi) is 6.44. The number of carbonyl (C=O) groups excluding carboxylic acids is 2. The summed E-state index contributed by atoms with van der Waals surface area (Å²) in [5.41, 5.74) is 1.29. The molecule has 4 nitrogen and oxygen atoms in total. The van der Waals surface area contributed by atoms with Crippen LogP contribution in [-0.4, -0.2) is 47.8 Å². The van der Waals surface area contributed by atoms with Gasteiger partial charge in [0.1, 0.15) is 0 Å². The van der Waals surface area contributed by atoms with Gasteiger partial charge in [-0.3, -0.25) is 9.59 Å². The highest BCUT2D eigenvalue weighted by atomic mass is 16.2. The van der Waals surface area contributed by atoms with E-state index in [1.807, 2.05) is 23.1 Å². The molecule has 0 bridgehead atoms. The Morgan fingerprint density at radius 1 is 1.09 bits per heavy atom. The summed E-state index contributed by atoms with van der Waals surface area (Å²) in [6, 6.07) is 10.3. The first-order valence-electron chi connectivity index (χ1n) is 8.24. The molecule has 0 atom stereocenters. The summed E-state index contributed by atoms with van der Waals surface area (Å²) in [5.74, 6) is 0.245. The molecule has 1 saturated heterocycles. The number of amides is 2. The van der Waals surface area contributed by atoms with Gasteiger partial charge in [-0.1, -0.05) is 30.3 Å². The summed E-state index contributed by atoms with van der Waals surface area (Å²) in [6.07, 6.45) is 4.57. The predicted molar refractivity (Wildman–Crippen MR) is 87.4 cm³/mol. The molecular formula is C18H26N2O2. The first kappa shape index (κ1) is 16.5. The monoisotopic (exact) mass is 302 g/mol. The van der Waals surface area contributed by atoms with Gasteiger partial charge in [0, 0.05) is 39.5 Å². The number of nitrogens with zero attached hydrogens (tertiary/aromatic N) is 2. The number of aryl methyl sites for hydroxylation is 1. The van der Waals surface area contributed by atoms with Crippen LogP contribution in [0.1, 0.15) is 38.2 Å². The molecule has 22 heavy (non-hydrogen) atoms. The molecule has 2 rings (SSSR count). The quantitative estimate of drug-likeness (QED) is 0.776. The van der Waals surface area contributed by atoms with E-state index in [4.69, 9.17) is 0 Å². The molecule has 1 aliphatic rings. The lowest BCUT2D eigenvalue weighted by molar-refractivity contribution is -0.132. The first-order valence-corrected chi connectivity index (χ1v) is 8.24. The van der Waals surface area contributed by atoms with Gasteiger partial charge in [-0.15, -0.1) is 0 Å². The Morgan fingerprint density at radius 3 is 2.41 bits per heavy atom. The Balaban J connectivity index is 1.72. The number of carbonyl (C=O) groups is 2. The van der Waals surface area contributed by atoms with E-state index in [1.165, 1.54) is 5.56 Å². The zero-order valence-electron chi connectivity index (χ0n) is 13.5. The maximum Gasteiger partial charge on any atom is 0.224 e. The molecule has 1 fully saturated rings. The third-order valence-corrected chi connectivity index (χ3v) is 4.24. The number of benzene rings is 1. The van der Waals surface area contributed by atoms with Crippen LogP contribution >= 0.6 is 0 Å². The number of hydrogen-bond acceptors (Lipinski definition) is 2. The van der Waals surface area contributed by atoms with E-state index in [0.717, 1.165) is 45.3 Å². The van der Waals surface area contributed by atoms with Crippen LogP contribution in [0.4, 0.5) is 0 Å². The van der Waals surface area contributed by atoms with Crippen molar-refractivity contribution in [3.8, 4) is 0 Å². The van der Waals surface area contributed by atoms with E-state index in [1.54, 1.807) is 11.8 Å². The van der Waals surface area contributed by atoms with Crippen molar-refractivity contribution in [2.75, 3.05) is 26.2 Å². The van der Waals surface area contributed by atoms with Crippen molar-refractivity contribution in [1.82, 2.24) is 9.80 Å². The van der Waals surface area contributed by atoms with Crippen LogP contribution in [-0.2, 0) is 16.0 Å². The molecule has 120 valence electrons. The van der Waals surface area contributed by atoms with Gasteiger partial charge in [-0.25, -0.2) is 0 Å². The predicted octanol–water partition coefficient (Wildman–Crippen LogP) is 2.48. The van der Waals surface area contributed by atoms with Crippen molar-refractivity contribution < 1.29 is 9.59 Å². The lowest BCUT2D eigenvalue weighted by Crippen LogP contribution is -2.35. The van der Waals surface area contributed by atoms with Gasteiger partial charge in [-0.05, 0) is 31.2 Å². The molecule has 1 aromatic carbocycles. The van der Waals surface area contributed by atoms with Crippen molar-refractivity contribution in [3.05, 3.63) is 35.9 Å². The SMILES string of the molecule is CC(=O)N(CCCc1ccccc1)CCC(=O)N1CCCC1. The molecule has 1 aromatic rings. The minimum Gasteiger partial charge on any atom is -0.343 e. The molecule has 1 aliphatic heterocycles. The highest BCUT2D eigenvalue weighted by Crippen LogP contribution is 2.10. The van der Waals surface area contributed by atoms with E-state index in [-0.39, 0.29) is 11.8 Å². The fraction of sp³-hybridized carbons (Fsp3) is 0.556. The van der Waals surface area contributed by atoms with Gasteiger partial charge in [-0.2, -0.15) is 0 Å². The second-order valence-electron chi connectivity index (χ2n) is 5.93. The maximum absolute atomic E-state index is 12.1. The second-order valence-corrected chi connectivity index (χ2v) is 5.93. The highest BCUT2D eigenvalue weighted by molar-refractivity contribution is 5.78. The second kappa shape index (κ2) is 8.57. The molecule has 0 aliphatic carbocycles. The minimum absolute atomic E-state index is 0.0577. The summed E-state index contributed by atoms with van der Waals surface area (Å²) in [6.45, 7) is 4.61. The molecule has 0 aromatic heterocycles. The van der Waals surface area contributed by atoms with Crippen LogP contribution in [0.5, 0.6) is 0 Å². The zero-order valence-corrected chi connectivity index (χ0v) is 13.5. The van der Waals surface area contributed by atoms with Crippen LogP contribution in [0.2, 0.25) is 0 Å². The van der Waals surface area contributed by atoms with E-state index < -0.39 is 0 Å². The Morgan fingerprint density at radius 2 is 1.77 bits per heavy atom. The lowest BCUT2D eigenvalue weighted by Gasteiger charge is -2.22. The smallest absolute Gasteiger partial charge is 0.224 e. The average molecular weight is 302 g/mol. The van der Waals surface area contributed by atoms with Crippen molar-refractivity contribution in [2.24, 2.45) is 0 Å². The molecule has 0 spiro atoms. The summed E-state index contributed by atoms with van der Waals surface area (Å²) in [4.78, 5) is 27.5. The van der Waals surface area contributed by atoms with Gasteiger partial charge >= 0.3 is 0 Å². The minimum atomic E-state index is 0.0577. The fourth-order valence-corrected chi connectivity index (χ4v) is 2.90. The van der Waals surface area contributed by atoms with Crippen molar-refractivity contribution in [1.29, 1.82) is 0 Å². The Hall–Kier alpha value is -1.84. The van der Waals surface area contributed by atoms with Gasteiger partial charge < -0.3 is 9.80 Å². The standard InChI is InChI=1S/C18H26N2O2/c1-16(21)19(14-7-10-17-8-3-2-4-9-17)15-11-18(22)20-12-5-6-13-20/h2-4,8-9H,5-7,10-15H2,1H3. The third-order valence-electron chi connectivity index (χ3n) is 4.24. The largest absolute Gasteiger partial charge is 0.343 e. The van der Waals surface area contributed by atoms with Crippen molar-refractivity contribution >= 4 is 11.8 Å². The zero-order chi connectivity index (χ0) is 15.8. The molecule has 0 saturated carbocycles. The van der Waals surface area contributed by atoms with Crippen molar-refractivity contribution in [2.45, 2.75) is 39.0 Å².